The molecule has 1 unspecified atom stereocenters. The van der Waals surface area contributed by atoms with Gasteiger partial charge in [0.1, 0.15) is 13.2 Å². The summed E-state index contributed by atoms with van der Waals surface area (Å²) in [5.41, 5.74) is 0. The summed E-state index contributed by atoms with van der Waals surface area (Å²) in [4.78, 5) is 38.3. The lowest BCUT2D eigenvalue weighted by molar-refractivity contribution is -0.167. The highest BCUT2D eigenvalue weighted by molar-refractivity contribution is 5.71. The normalized spacial score (nSPS) is 12.6. The van der Waals surface area contributed by atoms with Crippen molar-refractivity contribution in [3.63, 3.8) is 0 Å². The van der Waals surface area contributed by atoms with Crippen molar-refractivity contribution in [1.82, 2.24) is 0 Å². The smallest absolute Gasteiger partial charge is 0.306 e. The topological polar surface area (TPSA) is 78.9 Å². The van der Waals surface area contributed by atoms with Crippen molar-refractivity contribution in [3.05, 3.63) is 85.1 Å². The number of unbranched alkanes of at least 4 members (excludes halogenated alkanes) is 34. The van der Waals surface area contributed by atoms with Gasteiger partial charge in [0.2, 0.25) is 0 Å². The predicted octanol–water partition coefficient (Wildman–Crippen LogP) is 22.3. The van der Waals surface area contributed by atoms with Crippen molar-refractivity contribution in [1.29, 1.82) is 0 Å². The number of hydrogen-bond acceptors (Lipinski definition) is 6. The van der Waals surface area contributed by atoms with Crippen LogP contribution in [0.5, 0.6) is 0 Å². The number of esters is 3. The number of carbonyl (C=O) groups excluding carboxylic acids is 3. The molecule has 1 atom stereocenters. The summed E-state index contributed by atoms with van der Waals surface area (Å²) in [5, 5.41) is 0. The molecule has 0 radical (unpaired) electrons. The fourth-order valence-corrected chi connectivity index (χ4v) is 9.23. The van der Waals surface area contributed by atoms with Crippen LogP contribution >= 0.6 is 0 Å². The molecule has 0 heterocycles. The first-order chi connectivity index (χ1) is 37.5. The molecule has 0 aliphatic rings. The molecule has 0 aromatic heterocycles. The average molecular weight is 1060 g/mol. The zero-order valence-corrected chi connectivity index (χ0v) is 50.3. The molecule has 0 bridgehead atoms. The standard InChI is InChI=1S/C70H122O6/c1-4-7-10-13-16-19-22-25-28-30-32-34-35-37-38-40-42-45-48-51-54-57-60-63-69(72)75-66-67(65-74-68(71)62-59-56-53-50-47-44-27-24-21-18-15-12-9-6-3)76-70(73)64-61-58-55-52-49-46-43-41-39-36-33-31-29-26-23-20-17-14-11-8-5-2/h7,10,16,19,24-25,27-28,31-34,37-38,67H,4-6,8-9,11-15,17-18,20-23,26,29-30,35-36,39-66H2,1-3H3/b10-7-,19-16-,27-24-,28-25-,33-31-,34-32-,38-37-. The third kappa shape index (κ3) is 61.4. The van der Waals surface area contributed by atoms with E-state index in [0.29, 0.717) is 19.3 Å². The number of hydrogen-bond donors (Lipinski definition) is 0. The van der Waals surface area contributed by atoms with Gasteiger partial charge in [-0.1, -0.05) is 273 Å². The summed E-state index contributed by atoms with van der Waals surface area (Å²) in [6.45, 7) is 6.53. The van der Waals surface area contributed by atoms with Gasteiger partial charge in [0.25, 0.3) is 0 Å². The van der Waals surface area contributed by atoms with E-state index in [9.17, 15) is 14.4 Å². The molecule has 0 N–H and O–H groups in total. The number of carbonyl (C=O) groups is 3. The van der Waals surface area contributed by atoms with Gasteiger partial charge in [-0.2, -0.15) is 0 Å². The Kier molecular flexibility index (Phi) is 61.2. The summed E-state index contributed by atoms with van der Waals surface area (Å²) >= 11 is 0. The highest BCUT2D eigenvalue weighted by atomic mass is 16.6. The Labute approximate surface area is 471 Å². The minimum Gasteiger partial charge on any atom is -0.462 e. The molecule has 438 valence electrons. The van der Waals surface area contributed by atoms with Gasteiger partial charge in [-0.05, 0) is 116 Å². The largest absolute Gasteiger partial charge is 0.462 e. The molecule has 0 spiro atoms. The highest BCUT2D eigenvalue weighted by Crippen LogP contribution is 2.16. The number of rotatable bonds is 59. The molecule has 0 fully saturated rings. The van der Waals surface area contributed by atoms with E-state index in [1.807, 2.05) is 0 Å². The van der Waals surface area contributed by atoms with E-state index in [4.69, 9.17) is 14.2 Å². The third-order valence-electron chi connectivity index (χ3n) is 14.1. The van der Waals surface area contributed by atoms with Crippen molar-refractivity contribution >= 4 is 17.9 Å². The molecule has 0 aliphatic heterocycles. The van der Waals surface area contributed by atoms with Crippen LogP contribution in [0.1, 0.15) is 323 Å². The van der Waals surface area contributed by atoms with Gasteiger partial charge in [0.15, 0.2) is 6.10 Å². The molecule has 0 aromatic carbocycles. The van der Waals surface area contributed by atoms with E-state index in [2.05, 4.69) is 106 Å². The summed E-state index contributed by atoms with van der Waals surface area (Å²) in [6.07, 6.45) is 84.4. The quantitative estimate of drug-likeness (QED) is 0.0261. The fraction of sp³-hybridized carbons (Fsp3) is 0.757. The fourth-order valence-electron chi connectivity index (χ4n) is 9.23. The van der Waals surface area contributed by atoms with Gasteiger partial charge in [-0.3, -0.25) is 14.4 Å². The molecule has 76 heavy (non-hydrogen) atoms. The van der Waals surface area contributed by atoms with Crippen LogP contribution in [0.2, 0.25) is 0 Å². The van der Waals surface area contributed by atoms with Crippen LogP contribution in [0.25, 0.3) is 0 Å². The summed E-state index contributed by atoms with van der Waals surface area (Å²) in [6, 6.07) is 0. The highest BCUT2D eigenvalue weighted by Gasteiger charge is 2.19. The Morgan fingerprint density at radius 2 is 0.513 bits per heavy atom. The molecule has 0 saturated carbocycles. The van der Waals surface area contributed by atoms with Crippen molar-refractivity contribution < 1.29 is 28.6 Å². The first-order valence-electron chi connectivity index (χ1n) is 32.6. The Balaban J connectivity index is 4.37. The molecule has 0 aromatic rings. The van der Waals surface area contributed by atoms with Crippen LogP contribution < -0.4 is 0 Å². The summed E-state index contributed by atoms with van der Waals surface area (Å²) in [7, 11) is 0. The van der Waals surface area contributed by atoms with E-state index in [0.717, 1.165) is 103 Å². The predicted molar refractivity (Wildman–Crippen MR) is 330 cm³/mol. The van der Waals surface area contributed by atoms with E-state index in [1.165, 1.54) is 180 Å². The van der Waals surface area contributed by atoms with Gasteiger partial charge >= 0.3 is 17.9 Å². The molecule has 0 rings (SSSR count). The van der Waals surface area contributed by atoms with Crippen molar-refractivity contribution in [3.8, 4) is 0 Å². The van der Waals surface area contributed by atoms with Gasteiger partial charge in [-0.15, -0.1) is 0 Å². The van der Waals surface area contributed by atoms with Crippen LogP contribution in [0.3, 0.4) is 0 Å². The van der Waals surface area contributed by atoms with Crippen LogP contribution in [0.15, 0.2) is 85.1 Å². The Morgan fingerprint density at radius 3 is 0.816 bits per heavy atom. The molecular weight excluding hydrogens is 937 g/mol. The lowest BCUT2D eigenvalue weighted by atomic mass is 10.1. The van der Waals surface area contributed by atoms with Crippen molar-refractivity contribution in [2.24, 2.45) is 0 Å². The Morgan fingerprint density at radius 1 is 0.276 bits per heavy atom. The van der Waals surface area contributed by atoms with E-state index in [-0.39, 0.29) is 31.1 Å². The minimum atomic E-state index is -0.787. The molecule has 6 nitrogen and oxygen atoms in total. The number of allylic oxidation sites excluding steroid dienone is 14. The SMILES string of the molecule is CC/C=C\C/C=C\C/C=C\C/C=C\C/C=C\CCCCCCCCCC(=O)OCC(COC(=O)CCCCCCC/C=C\CCCCCCC)OC(=O)CCCCCCCCCCC/C=C\CCCCCCCCCC. The van der Waals surface area contributed by atoms with Gasteiger partial charge in [0, 0.05) is 19.3 Å². The maximum Gasteiger partial charge on any atom is 0.306 e. The van der Waals surface area contributed by atoms with Gasteiger partial charge in [0.05, 0.1) is 0 Å². The Hall–Kier alpha value is -3.41. The maximum atomic E-state index is 12.9. The lowest BCUT2D eigenvalue weighted by Gasteiger charge is -2.18. The summed E-state index contributed by atoms with van der Waals surface area (Å²) < 4.78 is 16.9. The van der Waals surface area contributed by atoms with Crippen molar-refractivity contribution in [2.75, 3.05) is 13.2 Å². The minimum absolute atomic E-state index is 0.0839. The van der Waals surface area contributed by atoms with E-state index < -0.39 is 6.10 Å². The maximum absolute atomic E-state index is 12.9. The van der Waals surface area contributed by atoms with Crippen LogP contribution in [-0.2, 0) is 28.6 Å². The van der Waals surface area contributed by atoms with E-state index in [1.54, 1.807) is 0 Å². The first kappa shape index (κ1) is 72.6. The molecule has 6 heteroatoms. The first-order valence-corrected chi connectivity index (χ1v) is 32.6. The third-order valence-corrected chi connectivity index (χ3v) is 14.1. The second-order valence-corrected chi connectivity index (χ2v) is 21.6. The Bertz CT molecular complexity index is 1450. The zero-order chi connectivity index (χ0) is 55.0. The second-order valence-electron chi connectivity index (χ2n) is 21.6. The van der Waals surface area contributed by atoms with E-state index >= 15 is 0 Å². The van der Waals surface area contributed by atoms with Crippen LogP contribution in [0.4, 0.5) is 0 Å². The molecular formula is C70H122O6. The van der Waals surface area contributed by atoms with Crippen LogP contribution in [-0.4, -0.2) is 37.2 Å². The molecule has 0 saturated heterocycles. The van der Waals surface area contributed by atoms with Crippen LogP contribution in [0, 0.1) is 0 Å². The average Bonchev–Trinajstić information content (AvgIpc) is 3.42. The monoisotopic (exact) mass is 1060 g/mol. The zero-order valence-electron chi connectivity index (χ0n) is 50.3. The summed E-state index contributed by atoms with van der Waals surface area (Å²) in [5.74, 6) is -0.892. The van der Waals surface area contributed by atoms with Gasteiger partial charge in [-0.25, -0.2) is 0 Å². The van der Waals surface area contributed by atoms with Gasteiger partial charge < -0.3 is 14.2 Å². The lowest BCUT2D eigenvalue weighted by Crippen LogP contribution is -2.30. The van der Waals surface area contributed by atoms with Crippen molar-refractivity contribution in [2.45, 2.75) is 329 Å². The second kappa shape index (κ2) is 64.1. The molecule has 0 amide bonds. The number of ether oxygens (including phenoxy) is 3. The molecule has 0 aliphatic carbocycles.